The SMILES string of the molecule is CCC/C(=N\OCC)C1C(=O)CC2(CCC(C)CC2)OC1=O. The van der Waals surface area contributed by atoms with Crippen LogP contribution in [0.15, 0.2) is 5.16 Å². The van der Waals surface area contributed by atoms with Crippen LogP contribution >= 0.6 is 0 Å². The number of rotatable bonds is 5. The standard InChI is InChI=1S/C17H27NO4/c1-4-6-13(18-21-5-2)15-14(19)11-17(22-16(15)20)9-7-12(3)8-10-17/h12,15H,4-11H2,1-3H3/b18-13+. The number of esters is 1. The Morgan fingerprint density at radius 2 is 2.00 bits per heavy atom. The zero-order valence-electron chi connectivity index (χ0n) is 13.9. The van der Waals surface area contributed by atoms with Crippen LogP contribution in [-0.4, -0.2) is 29.7 Å². The fourth-order valence-electron chi connectivity index (χ4n) is 3.39. The van der Waals surface area contributed by atoms with Crippen LogP contribution in [0.5, 0.6) is 0 Å². The zero-order valence-corrected chi connectivity index (χ0v) is 13.9. The number of ether oxygens (including phenoxy) is 1. The number of hydrogen-bond acceptors (Lipinski definition) is 5. The van der Waals surface area contributed by atoms with Gasteiger partial charge < -0.3 is 9.57 Å². The zero-order chi connectivity index (χ0) is 16.2. The maximum Gasteiger partial charge on any atom is 0.322 e. The predicted molar refractivity (Wildman–Crippen MR) is 83.5 cm³/mol. The fourth-order valence-corrected chi connectivity index (χ4v) is 3.39. The molecule has 0 aromatic carbocycles. The van der Waals surface area contributed by atoms with E-state index in [2.05, 4.69) is 12.1 Å². The van der Waals surface area contributed by atoms with Gasteiger partial charge in [0.15, 0.2) is 11.7 Å². The topological polar surface area (TPSA) is 65.0 Å². The van der Waals surface area contributed by atoms with Crippen LogP contribution in [0.25, 0.3) is 0 Å². The first kappa shape index (κ1) is 17.0. The molecule has 0 amide bonds. The Balaban J connectivity index is 2.13. The van der Waals surface area contributed by atoms with Crippen LogP contribution in [0.3, 0.4) is 0 Å². The van der Waals surface area contributed by atoms with Gasteiger partial charge >= 0.3 is 5.97 Å². The van der Waals surface area contributed by atoms with Gasteiger partial charge in [0.1, 0.15) is 12.2 Å². The third-order valence-electron chi connectivity index (χ3n) is 4.71. The Morgan fingerprint density at radius 3 is 2.55 bits per heavy atom. The van der Waals surface area contributed by atoms with Crippen molar-refractivity contribution in [2.45, 2.75) is 71.3 Å². The third kappa shape index (κ3) is 3.68. The summed E-state index contributed by atoms with van der Waals surface area (Å²) < 4.78 is 5.76. The normalized spacial score (nSPS) is 33.0. The van der Waals surface area contributed by atoms with Gasteiger partial charge in [-0.25, -0.2) is 0 Å². The molecule has 5 nitrogen and oxygen atoms in total. The van der Waals surface area contributed by atoms with E-state index >= 15 is 0 Å². The molecule has 1 atom stereocenters. The summed E-state index contributed by atoms with van der Waals surface area (Å²) in [6.45, 7) is 6.44. The molecule has 2 aliphatic rings. The summed E-state index contributed by atoms with van der Waals surface area (Å²) in [5.41, 5.74) is -0.0431. The third-order valence-corrected chi connectivity index (χ3v) is 4.71. The maximum atomic E-state index is 12.6. The quantitative estimate of drug-likeness (QED) is 0.338. The highest BCUT2D eigenvalue weighted by Gasteiger charge is 2.49. The van der Waals surface area contributed by atoms with Crippen LogP contribution in [-0.2, 0) is 19.2 Å². The highest BCUT2D eigenvalue weighted by atomic mass is 16.6. The smallest absolute Gasteiger partial charge is 0.322 e. The summed E-state index contributed by atoms with van der Waals surface area (Å²) in [5.74, 6) is -0.709. The van der Waals surface area contributed by atoms with Crippen molar-refractivity contribution in [2.24, 2.45) is 17.0 Å². The Morgan fingerprint density at radius 1 is 1.32 bits per heavy atom. The molecule has 2 rings (SSSR count). The van der Waals surface area contributed by atoms with Crippen LogP contribution in [0.1, 0.15) is 65.7 Å². The summed E-state index contributed by atoms with van der Waals surface area (Å²) in [6.07, 6.45) is 5.33. The highest BCUT2D eigenvalue weighted by Crippen LogP contribution is 2.41. The summed E-state index contributed by atoms with van der Waals surface area (Å²) >= 11 is 0. The molecule has 1 heterocycles. The largest absolute Gasteiger partial charge is 0.458 e. The molecule has 0 radical (unpaired) electrons. The minimum Gasteiger partial charge on any atom is -0.458 e. The Bertz CT molecular complexity index is 430. The lowest BCUT2D eigenvalue weighted by atomic mass is 9.73. The highest BCUT2D eigenvalue weighted by molar-refractivity contribution is 6.20. The van der Waals surface area contributed by atoms with Crippen molar-refractivity contribution in [3.8, 4) is 0 Å². The van der Waals surface area contributed by atoms with E-state index < -0.39 is 17.5 Å². The van der Waals surface area contributed by atoms with Gasteiger partial charge in [-0.1, -0.05) is 25.4 Å². The van der Waals surface area contributed by atoms with Crippen LogP contribution in [0, 0.1) is 11.8 Å². The molecule has 1 saturated carbocycles. The van der Waals surface area contributed by atoms with Crippen molar-refractivity contribution in [2.75, 3.05) is 6.61 Å². The second kappa shape index (κ2) is 7.25. The van der Waals surface area contributed by atoms with Crippen molar-refractivity contribution < 1.29 is 19.2 Å². The van der Waals surface area contributed by atoms with Gasteiger partial charge in [0.05, 0.1) is 5.71 Å². The second-order valence-electron chi connectivity index (χ2n) is 6.61. The second-order valence-corrected chi connectivity index (χ2v) is 6.61. The molecule has 0 aromatic rings. The minimum absolute atomic E-state index is 0.0577. The summed E-state index contributed by atoms with van der Waals surface area (Å²) in [7, 11) is 0. The van der Waals surface area contributed by atoms with Crippen molar-refractivity contribution in [3.63, 3.8) is 0 Å². The molecular weight excluding hydrogens is 282 g/mol. The molecule has 1 aliphatic carbocycles. The van der Waals surface area contributed by atoms with Crippen LogP contribution in [0.2, 0.25) is 0 Å². The van der Waals surface area contributed by atoms with Crippen LogP contribution in [0.4, 0.5) is 0 Å². The van der Waals surface area contributed by atoms with E-state index in [0.29, 0.717) is 31.1 Å². The van der Waals surface area contributed by atoms with E-state index in [4.69, 9.17) is 9.57 Å². The van der Waals surface area contributed by atoms with Gasteiger partial charge in [0, 0.05) is 6.42 Å². The molecule has 22 heavy (non-hydrogen) atoms. The molecule has 5 heteroatoms. The number of hydrogen-bond donors (Lipinski definition) is 0. The number of oxime groups is 1. The summed E-state index contributed by atoms with van der Waals surface area (Å²) in [4.78, 5) is 30.1. The number of Topliss-reactive ketones (excluding diaryl/α,β-unsaturated/α-hetero) is 1. The van der Waals surface area contributed by atoms with Gasteiger partial charge in [0.25, 0.3) is 0 Å². The Kier molecular flexibility index (Phi) is 5.59. The molecule has 0 aromatic heterocycles. The average Bonchev–Trinajstić information content (AvgIpc) is 2.47. The number of ketones is 1. The van der Waals surface area contributed by atoms with Gasteiger partial charge in [-0.15, -0.1) is 0 Å². The van der Waals surface area contributed by atoms with Crippen molar-refractivity contribution in [1.29, 1.82) is 0 Å². The Labute approximate surface area is 132 Å². The number of carbonyl (C=O) groups is 2. The summed E-state index contributed by atoms with van der Waals surface area (Å²) in [6, 6.07) is 0. The molecule has 2 fully saturated rings. The minimum atomic E-state index is -0.864. The van der Waals surface area contributed by atoms with E-state index in [-0.39, 0.29) is 5.78 Å². The molecule has 1 aliphatic heterocycles. The van der Waals surface area contributed by atoms with Crippen molar-refractivity contribution >= 4 is 17.5 Å². The molecular formula is C17H27NO4. The predicted octanol–water partition coefficient (Wildman–Crippen LogP) is 3.26. The first-order valence-electron chi connectivity index (χ1n) is 8.45. The van der Waals surface area contributed by atoms with E-state index in [1.807, 2.05) is 13.8 Å². The van der Waals surface area contributed by atoms with E-state index in [1.165, 1.54) is 0 Å². The van der Waals surface area contributed by atoms with Crippen LogP contribution < -0.4 is 0 Å². The van der Waals surface area contributed by atoms with Gasteiger partial charge in [-0.2, -0.15) is 0 Å². The first-order chi connectivity index (χ1) is 10.5. The maximum absolute atomic E-state index is 12.6. The molecule has 1 spiro atoms. The number of nitrogens with zero attached hydrogens (tertiary/aromatic N) is 1. The number of carbonyl (C=O) groups excluding carboxylic acids is 2. The molecule has 1 unspecified atom stereocenters. The average molecular weight is 309 g/mol. The van der Waals surface area contributed by atoms with Gasteiger partial charge in [-0.05, 0) is 44.9 Å². The van der Waals surface area contributed by atoms with E-state index in [9.17, 15) is 9.59 Å². The molecule has 0 bridgehead atoms. The fraction of sp³-hybridized carbons (Fsp3) is 0.824. The first-order valence-corrected chi connectivity index (χ1v) is 8.45. The van der Waals surface area contributed by atoms with Gasteiger partial charge in [0.2, 0.25) is 0 Å². The lowest BCUT2D eigenvalue weighted by Crippen LogP contribution is -2.51. The lowest BCUT2D eigenvalue weighted by molar-refractivity contribution is -0.178. The van der Waals surface area contributed by atoms with Crippen molar-refractivity contribution in [1.82, 2.24) is 0 Å². The Hall–Kier alpha value is -1.39. The lowest BCUT2D eigenvalue weighted by Gasteiger charge is -2.42. The van der Waals surface area contributed by atoms with Crippen molar-refractivity contribution in [3.05, 3.63) is 0 Å². The van der Waals surface area contributed by atoms with E-state index in [0.717, 1.165) is 32.1 Å². The molecule has 1 saturated heterocycles. The monoisotopic (exact) mass is 309 g/mol. The molecule has 124 valence electrons. The molecule has 0 N–H and O–H groups in total. The van der Waals surface area contributed by atoms with E-state index in [1.54, 1.807) is 0 Å². The summed E-state index contributed by atoms with van der Waals surface area (Å²) in [5, 5.41) is 4.00. The van der Waals surface area contributed by atoms with Gasteiger partial charge in [-0.3, -0.25) is 9.59 Å².